The van der Waals surface area contributed by atoms with Gasteiger partial charge in [-0.25, -0.2) is 0 Å². The monoisotopic (exact) mass is 182 g/mol. The Bertz CT molecular complexity index is 209. The van der Waals surface area contributed by atoms with Crippen molar-refractivity contribution in [3.63, 3.8) is 0 Å². The average Bonchev–Trinajstić information content (AvgIpc) is 2.58. The standard InChI is InChI=1S/C10H19BO2/c1-7-6-8(7)11-12-9(2,3)10(4,5)13-11/h7-8H,6H2,1-5H3/t7-,8+/m0/s1. The van der Waals surface area contributed by atoms with Gasteiger partial charge < -0.3 is 9.31 Å². The van der Waals surface area contributed by atoms with Crippen LogP contribution in [0, 0.1) is 5.92 Å². The van der Waals surface area contributed by atoms with Crippen molar-refractivity contribution in [1.29, 1.82) is 0 Å². The Balaban J connectivity index is 2.07. The van der Waals surface area contributed by atoms with Gasteiger partial charge in [0.25, 0.3) is 0 Å². The van der Waals surface area contributed by atoms with E-state index in [0.29, 0.717) is 5.82 Å². The predicted octanol–water partition coefficient (Wildman–Crippen LogP) is 2.49. The van der Waals surface area contributed by atoms with Gasteiger partial charge in [-0.15, -0.1) is 0 Å². The Hall–Kier alpha value is -0.0151. The summed E-state index contributed by atoms with van der Waals surface area (Å²) in [6.07, 6.45) is 1.26. The maximum atomic E-state index is 5.94. The average molecular weight is 182 g/mol. The third-order valence-corrected chi connectivity index (χ3v) is 3.79. The Kier molecular flexibility index (Phi) is 1.84. The van der Waals surface area contributed by atoms with E-state index in [0.717, 1.165) is 5.92 Å². The van der Waals surface area contributed by atoms with Gasteiger partial charge in [0.05, 0.1) is 11.2 Å². The van der Waals surface area contributed by atoms with E-state index in [1.165, 1.54) is 6.42 Å². The summed E-state index contributed by atoms with van der Waals surface area (Å²) >= 11 is 0. The highest BCUT2D eigenvalue weighted by Gasteiger charge is 2.58. The third kappa shape index (κ3) is 1.42. The molecule has 1 aliphatic carbocycles. The molecule has 0 radical (unpaired) electrons. The topological polar surface area (TPSA) is 18.5 Å². The van der Waals surface area contributed by atoms with Gasteiger partial charge in [-0.2, -0.15) is 0 Å². The molecule has 0 amide bonds. The number of hydrogen-bond donors (Lipinski definition) is 0. The Morgan fingerprint density at radius 2 is 1.46 bits per heavy atom. The van der Waals surface area contributed by atoms with Gasteiger partial charge in [0.15, 0.2) is 0 Å². The van der Waals surface area contributed by atoms with E-state index in [1.807, 2.05) is 0 Å². The van der Waals surface area contributed by atoms with Gasteiger partial charge in [0.1, 0.15) is 0 Å². The zero-order valence-corrected chi connectivity index (χ0v) is 9.26. The van der Waals surface area contributed by atoms with Crippen LogP contribution < -0.4 is 0 Å². The van der Waals surface area contributed by atoms with Crippen molar-refractivity contribution in [1.82, 2.24) is 0 Å². The number of hydrogen-bond acceptors (Lipinski definition) is 2. The van der Waals surface area contributed by atoms with Crippen LogP contribution in [0.25, 0.3) is 0 Å². The lowest BCUT2D eigenvalue weighted by molar-refractivity contribution is 0.00578. The van der Waals surface area contributed by atoms with Crippen LogP contribution in [0.1, 0.15) is 41.0 Å². The molecule has 1 saturated heterocycles. The van der Waals surface area contributed by atoms with Crippen LogP contribution in [0.2, 0.25) is 5.82 Å². The van der Waals surface area contributed by atoms with E-state index in [4.69, 9.17) is 9.31 Å². The van der Waals surface area contributed by atoms with Gasteiger partial charge in [0.2, 0.25) is 0 Å². The summed E-state index contributed by atoms with van der Waals surface area (Å²) in [6, 6.07) is 0. The summed E-state index contributed by atoms with van der Waals surface area (Å²) in [5, 5.41) is 0. The van der Waals surface area contributed by atoms with Gasteiger partial charge >= 0.3 is 7.12 Å². The Labute approximate surface area is 81.1 Å². The minimum atomic E-state index is -0.153. The molecule has 1 saturated carbocycles. The zero-order valence-electron chi connectivity index (χ0n) is 9.26. The molecule has 2 aliphatic rings. The molecule has 13 heavy (non-hydrogen) atoms. The van der Waals surface area contributed by atoms with Crippen LogP contribution in [0.4, 0.5) is 0 Å². The van der Waals surface area contributed by atoms with Gasteiger partial charge in [-0.05, 0) is 45.9 Å². The molecule has 74 valence electrons. The lowest BCUT2D eigenvalue weighted by Gasteiger charge is -2.32. The molecule has 0 aromatic rings. The van der Waals surface area contributed by atoms with Crippen LogP contribution in [0.3, 0.4) is 0 Å². The molecule has 2 atom stereocenters. The molecule has 2 rings (SSSR count). The van der Waals surface area contributed by atoms with Gasteiger partial charge in [-0.1, -0.05) is 6.92 Å². The van der Waals surface area contributed by atoms with E-state index in [2.05, 4.69) is 34.6 Å². The quantitative estimate of drug-likeness (QED) is 0.580. The molecular formula is C10H19BO2. The first kappa shape index (κ1) is 9.54. The fourth-order valence-electron chi connectivity index (χ4n) is 1.79. The van der Waals surface area contributed by atoms with E-state index < -0.39 is 0 Å². The zero-order chi connectivity index (χ0) is 9.85. The fourth-order valence-corrected chi connectivity index (χ4v) is 1.79. The second-order valence-corrected chi connectivity index (χ2v) is 5.50. The van der Waals surface area contributed by atoms with Crippen molar-refractivity contribution < 1.29 is 9.31 Å². The van der Waals surface area contributed by atoms with E-state index in [-0.39, 0.29) is 18.3 Å². The lowest BCUT2D eigenvalue weighted by atomic mass is 9.81. The van der Waals surface area contributed by atoms with Crippen LogP contribution >= 0.6 is 0 Å². The fraction of sp³-hybridized carbons (Fsp3) is 1.00. The minimum Gasteiger partial charge on any atom is -0.403 e. The van der Waals surface area contributed by atoms with Crippen molar-refractivity contribution in [3.05, 3.63) is 0 Å². The highest BCUT2D eigenvalue weighted by atomic mass is 16.7. The molecule has 0 N–H and O–H groups in total. The smallest absolute Gasteiger partial charge is 0.403 e. The molecular weight excluding hydrogens is 163 g/mol. The largest absolute Gasteiger partial charge is 0.461 e. The first-order chi connectivity index (χ1) is 5.83. The van der Waals surface area contributed by atoms with Crippen LogP contribution in [0.5, 0.6) is 0 Å². The molecule has 3 heteroatoms. The highest BCUT2D eigenvalue weighted by molar-refractivity contribution is 6.48. The van der Waals surface area contributed by atoms with Crippen molar-refractivity contribution in [3.8, 4) is 0 Å². The first-order valence-electron chi connectivity index (χ1n) is 5.19. The van der Waals surface area contributed by atoms with E-state index in [1.54, 1.807) is 0 Å². The second kappa shape index (κ2) is 2.51. The summed E-state index contributed by atoms with van der Waals surface area (Å²) < 4.78 is 11.9. The van der Waals surface area contributed by atoms with E-state index in [9.17, 15) is 0 Å². The number of rotatable bonds is 1. The molecule has 1 aliphatic heterocycles. The first-order valence-corrected chi connectivity index (χ1v) is 5.19. The molecule has 0 unspecified atom stereocenters. The Morgan fingerprint density at radius 1 is 1.08 bits per heavy atom. The summed E-state index contributed by atoms with van der Waals surface area (Å²) in [5.74, 6) is 1.43. The van der Waals surface area contributed by atoms with Crippen molar-refractivity contribution in [2.45, 2.75) is 58.1 Å². The predicted molar refractivity (Wildman–Crippen MR) is 53.6 cm³/mol. The van der Waals surface area contributed by atoms with Crippen molar-refractivity contribution >= 4 is 7.12 Å². The van der Waals surface area contributed by atoms with Gasteiger partial charge in [-0.3, -0.25) is 0 Å². The molecule has 2 nitrogen and oxygen atoms in total. The molecule has 0 spiro atoms. The van der Waals surface area contributed by atoms with Crippen LogP contribution in [-0.4, -0.2) is 18.3 Å². The highest BCUT2D eigenvalue weighted by Crippen LogP contribution is 2.52. The van der Waals surface area contributed by atoms with E-state index >= 15 is 0 Å². The van der Waals surface area contributed by atoms with Gasteiger partial charge in [0, 0.05) is 0 Å². The van der Waals surface area contributed by atoms with Crippen molar-refractivity contribution in [2.75, 3.05) is 0 Å². The van der Waals surface area contributed by atoms with Crippen LogP contribution in [-0.2, 0) is 9.31 Å². The molecule has 1 heterocycles. The molecule has 0 bridgehead atoms. The summed E-state index contributed by atoms with van der Waals surface area (Å²) in [4.78, 5) is 0. The van der Waals surface area contributed by atoms with Crippen LogP contribution in [0.15, 0.2) is 0 Å². The second-order valence-electron chi connectivity index (χ2n) is 5.50. The summed E-state index contributed by atoms with van der Waals surface area (Å²) in [6.45, 7) is 10.7. The maximum Gasteiger partial charge on any atom is 0.461 e. The normalized spacial score (nSPS) is 40.8. The molecule has 0 aromatic carbocycles. The third-order valence-electron chi connectivity index (χ3n) is 3.79. The molecule has 2 fully saturated rings. The minimum absolute atomic E-state index is 0.0417. The molecule has 0 aromatic heterocycles. The lowest BCUT2D eigenvalue weighted by Crippen LogP contribution is -2.41. The maximum absolute atomic E-state index is 5.94. The van der Waals surface area contributed by atoms with Crippen molar-refractivity contribution in [2.24, 2.45) is 5.92 Å². The summed E-state index contributed by atoms with van der Waals surface area (Å²) in [5.41, 5.74) is -0.306. The SMILES string of the molecule is C[C@H]1C[C@H]1B1OC(C)(C)C(C)(C)O1. The summed E-state index contributed by atoms with van der Waals surface area (Å²) in [7, 11) is 0.0417. The Morgan fingerprint density at radius 3 is 1.77 bits per heavy atom.